The van der Waals surface area contributed by atoms with Gasteiger partial charge in [-0.15, -0.1) is 0 Å². The average molecular weight is 619 g/mol. The maximum absolute atomic E-state index is 13.0. The Morgan fingerprint density at radius 2 is 1.27 bits per heavy atom. The van der Waals surface area contributed by atoms with Crippen molar-refractivity contribution in [2.75, 3.05) is 6.61 Å². The molecule has 1 atom stereocenters. The molecule has 4 N–H and O–H groups in total. The van der Waals surface area contributed by atoms with Gasteiger partial charge in [-0.05, 0) is 93.0 Å². The number of carbonyl (C=O) groups excluding carboxylic acids is 2. The van der Waals surface area contributed by atoms with Crippen LogP contribution in [0.3, 0.4) is 0 Å². The molecule has 0 aliphatic carbocycles. The number of ether oxygens (including phenoxy) is 2. The smallest absolute Gasteiger partial charge is 0.413 e. The van der Waals surface area contributed by atoms with Crippen LogP contribution in [0.4, 0.5) is 9.59 Å². The standard InChI is InChI=1S/C36H46N2O7/c1-24(2)20-22-44-32(42)37-34(3,4)27-9-8-10-28(23-27)35(5,6)38-33(43)45-30-17-13-26(14-18-30)36(7,21-19-31(40)41)25-11-15-29(39)16-12-25/h8-18,23-24,39H,19-22H2,1-7H3,(H,37,42)(H,38,43)(H,40,41). The summed E-state index contributed by atoms with van der Waals surface area (Å²) in [6, 6.07) is 21.3. The molecule has 1 unspecified atom stereocenters. The molecule has 0 spiro atoms. The molecule has 3 rings (SSSR count). The lowest BCUT2D eigenvalue weighted by Crippen LogP contribution is -2.44. The molecule has 0 aromatic heterocycles. The minimum Gasteiger partial charge on any atom is -0.508 e. The molecule has 9 nitrogen and oxygen atoms in total. The van der Waals surface area contributed by atoms with Crippen LogP contribution in [0, 0.1) is 5.92 Å². The van der Waals surface area contributed by atoms with Crippen LogP contribution in [-0.4, -0.2) is 35.0 Å². The molecule has 0 fully saturated rings. The highest BCUT2D eigenvalue weighted by atomic mass is 16.6. The summed E-state index contributed by atoms with van der Waals surface area (Å²) in [6.07, 6.45) is -0.0359. The molecule has 0 heterocycles. The fourth-order valence-corrected chi connectivity index (χ4v) is 5.04. The highest BCUT2D eigenvalue weighted by Gasteiger charge is 2.31. The van der Waals surface area contributed by atoms with Crippen molar-refractivity contribution in [1.82, 2.24) is 10.6 Å². The summed E-state index contributed by atoms with van der Waals surface area (Å²) < 4.78 is 10.9. The number of hydrogen-bond acceptors (Lipinski definition) is 6. The van der Waals surface area contributed by atoms with E-state index in [1.165, 1.54) is 0 Å². The van der Waals surface area contributed by atoms with Crippen molar-refractivity contribution in [1.29, 1.82) is 0 Å². The largest absolute Gasteiger partial charge is 0.508 e. The molecule has 242 valence electrons. The first-order chi connectivity index (χ1) is 21.0. The minimum absolute atomic E-state index is 0.0378. The van der Waals surface area contributed by atoms with Gasteiger partial charge >= 0.3 is 18.2 Å². The fraction of sp³-hybridized carbons (Fsp3) is 0.417. The van der Waals surface area contributed by atoms with E-state index in [9.17, 15) is 24.6 Å². The molecule has 0 saturated carbocycles. The third-order valence-electron chi connectivity index (χ3n) is 8.11. The highest BCUT2D eigenvalue weighted by molar-refractivity contribution is 5.72. The molecule has 0 aliphatic rings. The molecule has 0 aliphatic heterocycles. The lowest BCUT2D eigenvalue weighted by Gasteiger charge is -2.31. The SMILES string of the molecule is CC(C)CCOC(=O)NC(C)(C)c1cccc(C(C)(C)NC(=O)Oc2ccc(C(C)(CCC(=O)O)c3ccc(O)cc3)cc2)c1. The van der Waals surface area contributed by atoms with E-state index >= 15 is 0 Å². The summed E-state index contributed by atoms with van der Waals surface area (Å²) in [6.45, 7) is 14.0. The number of carbonyl (C=O) groups is 3. The number of alkyl carbamates (subject to hydrolysis) is 1. The third-order valence-corrected chi connectivity index (χ3v) is 8.11. The van der Waals surface area contributed by atoms with Gasteiger partial charge in [-0.3, -0.25) is 4.79 Å². The predicted molar refractivity (Wildman–Crippen MR) is 173 cm³/mol. The van der Waals surface area contributed by atoms with Crippen LogP contribution in [-0.2, 0) is 26.0 Å². The molecule has 3 aromatic rings. The first kappa shape index (κ1) is 35.0. The van der Waals surface area contributed by atoms with Crippen LogP contribution in [0.25, 0.3) is 0 Å². The van der Waals surface area contributed by atoms with E-state index in [1.54, 1.807) is 36.4 Å². The van der Waals surface area contributed by atoms with Crippen molar-refractivity contribution < 1.29 is 34.1 Å². The molecule has 0 saturated heterocycles. The number of phenolic OH excluding ortho intramolecular Hbond substituents is 1. The van der Waals surface area contributed by atoms with Gasteiger partial charge in [-0.1, -0.05) is 69.3 Å². The fourth-order valence-electron chi connectivity index (χ4n) is 5.04. The van der Waals surface area contributed by atoms with Crippen LogP contribution in [0.15, 0.2) is 72.8 Å². The second-order valence-electron chi connectivity index (χ2n) is 13.1. The van der Waals surface area contributed by atoms with Gasteiger partial charge in [0, 0.05) is 11.8 Å². The first-order valence-electron chi connectivity index (χ1n) is 15.2. The second kappa shape index (κ2) is 14.5. The molecular formula is C36H46N2O7. The Bertz CT molecular complexity index is 1460. The van der Waals surface area contributed by atoms with Crippen molar-refractivity contribution in [3.05, 3.63) is 95.1 Å². The first-order valence-corrected chi connectivity index (χ1v) is 15.2. The van der Waals surface area contributed by atoms with Crippen molar-refractivity contribution in [2.45, 2.75) is 84.2 Å². The van der Waals surface area contributed by atoms with Gasteiger partial charge in [0.05, 0.1) is 17.7 Å². The Labute approximate surface area is 266 Å². The molecule has 45 heavy (non-hydrogen) atoms. The van der Waals surface area contributed by atoms with Crippen LogP contribution in [0.5, 0.6) is 11.5 Å². The molecule has 9 heteroatoms. The van der Waals surface area contributed by atoms with Gasteiger partial charge in [0.1, 0.15) is 11.5 Å². The Hall–Kier alpha value is -4.53. The zero-order valence-corrected chi connectivity index (χ0v) is 27.3. The number of aromatic hydroxyl groups is 1. The predicted octanol–water partition coefficient (Wildman–Crippen LogP) is 7.59. The van der Waals surface area contributed by atoms with Crippen molar-refractivity contribution in [2.24, 2.45) is 5.92 Å². The Kier molecular flexibility index (Phi) is 11.3. The number of benzene rings is 3. The van der Waals surface area contributed by atoms with E-state index in [4.69, 9.17) is 9.47 Å². The van der Waals surface area contributed by atoms with E-state index in [0.717, 1.165) is 28.7 Å². The van der Waals surface area contributed by atoms with Gasteiger partial charge in [0.15, 0.2) is 0 Å². The van der Waals surface area contributed by atoms with E-state index in [2.05, 4.69) is 24.5 Å². The Morgan fingerprint density at radius 3 is 1.78 bits per heavy atom. The monoisotopic (exact) mass is 618 g/mol. The normalized spacial score (nSPS) is 13.1. The number of phenols is 1. The molecular weight excluding hydrogens is 572 g/mol. The Morgan fingerprint density at radius 1 is 0.756 bits per heavy atom. The number of amides is 2. The van der Waals surface area contributed by atoms with Gasteiger partial charge < -0.3 is 30.3 Å². The summed E-state index contributed by atoms with van der Waals surface area (Å²) in [5.41, 5.74) is 1.19. The maximum Gasteiger partial charge on any atom is 0.413 e. The summed E-state index contributed by atoms with van der Waals surface area (Å²) in [5.74, 6) is -0.00921. The zero-order chi connectivity index (χ0) is 33.4. The van der Waals surface area contributed by atoms with Crippen LogP contribution in [0.1, 0.15) is 90.0 Å². The lowest BCUT2D eigenvalue weighted by atomic mass is 9.73. The minimum atomic E-state index is -0.899. The van der Waals surface area contributed by atoms with E-state index < -0.39 is 34.6 Å². The average Bonchev–Trinajstić information content (AvgIpc) is 2.96. The van der Waals surface area contributed by atoms with Gasteiger partial charge in [-0.25, -0.2) is 9.59 Å². The number of aliphatic carboxylic acids is 1. The summed E-state index contributed by atoms with van der Waals surface area (Å²) in [4.78, 5) is 36.8. The van der Waals surface area contributed by atoms with Crippen molar-refractivity contribution in [3.63, 3.8) is 0 Å². The quantitative estimate of drug-likeness (QED) is 0.155. The third kappa shape index (κ3) is 9.73. The summed E-state index contributed by atoms with van der Waals surface area (Å²) in [5, 5.41) is 24.9. The second-order valence-corrected chi connectivity index (χ2v) is 13.1. The highest BCUT2D eigenvalue weighted by Crippen LogP contribution is 2.38. The number of nitrogens with one attached hydrogen (secondary N) is 2. The molecule has 0 radical (unpaired) electrons. The van der Waals surface area contributed by atoms with Crippen LogP contribution >= 0.6 is 0 Å². The Balaban J connectivity index is 1.70. The molecule has 2 amide bonds. The molecule has 3 aromatic carbocycles. The maximum atomic E-state index is 13.0. The zero-order valence-electron chi connectivity index (χ0n) is 27.3. The number of hydrogen-bond donors (Lipinski definition) is 4. The van der Waals surface area contributed by atoms with Gasteiger partial charge in [-0.2, -0.15) is 0 Å². The lowest BCUT2D eigenvalue weighted by molar-refractivity contribution is -0.137. The number of carboxylic acids is 1. The van der Waals surface area contributed by atoms with Crippen molar-refractivity contribution >= 4 is 18.2 Å². The van der Waals surface area contributed by atoms with Gasteiger partial charge in [0.25, 0.3) is 0 Å². The summed E-state index contributed by atoms with van der Waals surface area (Å²) in [7, 11) is 0. The molecule has 0 bridgehead atoms. The number of rotatable bonds is 13. The van der Waals surface area contributed by atoms with Crippen LogP contribution in [0.2, 0.25) is 0 Å². The van der Waals surface area contributed by atoms with Crippen LogP contribution < -0.4 is 15.4 Å². The van der Waals surface area contributed by atoms with Crippen molar-refractivity contribution in [3.8, 4) is 11.5 Å². The number of carboxylic acid groups (broad SMARTS) is 1. The van der Waals surface area contributed by atoms with E-state index in [1.807, 2.05) is 71.0 Å². The summed E-state index contributed by atoms with van der Waals surface area (Å²) >= 11 is 0. The van der Waals surface area contributed by atoms with Gasteiger partial charge in [0.2, 0.25) is 0 Å². The van der Waals surface area contributed by atoms with E-state index in [0.29, 0.717) is 24.7 Å². The van der Waals surface area contributed by atoms with E-state index in [-0.39, 0.29) is 12.2 Å². The topological polar surface area (TPSA) is 134 Å².